The van der Waals surface area contributed by atoms with Crippen molar-refractivity contribution in [1.82, 2.24) is 14.7 Å². The van der Waals surface area contributed by atoms with Crippen LogP contribution in [0.15, 0.2) is 16.9 Å². The second-order valence-corrected chi connectivity index (χ2v) is 5.31. The Morgan fingerprint density at radius 2 is 2.16 bits per heavy atom. The molecular weight excluding hydrogens is 240 g/mol. The number of imidazole rings is 1. The van der Waals surface area contributed by atoms with Gasteiger partial charge in [-0.3, -0.25) is 0 Å². The Morgan fingerprint density at radius 1 is 1.37 bits per heavy atom. The van der Waals surface area contributed by atoms with Gasteiger partial charge in [-0.15, -0.1) is 0 Å². The highest BCUT2D eigenvalue weighted by atomic mass is 16.5. The number of nitrogens with zero attached hydrogens (tertiary/aromatic N) is 3. The lowest BCUT2D eigenvalue weighted by molar-refractivity contribution is 0.392. The van der Waals surface area contributed by atoms with Crippen molar-refractivity contribution in [2.45, 2.75) is 52.1 Å². The molecule has 102 valence electrons. The van der Waals surface area contributed by atoms with Gasteiger partial charge in [0.05, 0.1) is 12.2 Å². The van der Waals surface area contributed by atoms with Crippen molar-refractivity contribution in [2.24, 2.45) is 0 Å². The summed E-state index contributed by atoms with van der Waals surface area (Å²) in [4.78, 5) is 4.42. The SMILES string of the molecule is Cc1noc(C)c1Cn1ccnc1NC1CCCC1. The molecule has 0 amide bonds. The average molecular weight is 260 g/mol. The number of aryl methyl sites for hydroxylation is 2. The van der Waals surface area contributed by atoms with E-state index in [-0.39, 0.29) is 0 Å². The minimum atomic E-state index is 0.575. The molecule has 2 aromatic rings. The van der Waals surface area contributed by atoms with E-state index in [0.717, 1.165) is 29.5 Å². The van der Waals surface area contributed by atoms with Crippen LogP contribution in [0.3, 0.4) is 0 Å². The maximum Gasteiger partial charge on any atom is 0.203 e. The van der Waals surface area contributed by atoms with Crippen molar-refractivity contribution in [3.8, 4) is 0 Å². The third-order valence-corrected chi connectivity index (χ3v) is 3.91. The molecule has 0 radical (unpaired) electrons. The maximum atomic E-state index is 5.21. The van der Waals surface area contributed by atoms with Gasteiger partial charge in [0.15, 0.2) is 0 Å². The zero-order valence-corrected chi connectivity index (χ0v) is 11.5. The Labute approximate surface area is 113 Å². The minimum Gasteiger partial charge on any atom is -0.361 e. The molecule has 1 aliphatic rings. The van der Waals surface area contributed by atoms with Crippen LogP contribution in [-0.4, -0.2) is 20.7 Å². The van der Waals surface area contributed by atoms with Crippen molar-refractivity contribution in [2.75, 3.05) is 5.32 Å². The molecular formula is C14H20N4O. The number of nitrogens with one attached hydrogen (secondary N) is 1. The van der Waals surface area contributed by atoms with Crippen molar-refractivity contribution in [3.05, 3.63) is 29.4 Å². The molecule has 0 aliphatic heterocycles. The van der Waals surface area contributed by atoms with Gasteiger partial charge in [0, 0.05) is 24.0 Å². The molecule has 0 aromatic carbocycles. The molecule has 1 N–H and O–H groups in total. The van der Waals surface area contributed by atoms with Crippen molar-refractivity contribution in [1.29, 1.82) is 0 Å². The number of hydrogen-bond acceptors (Lipinski definition) is 4. The van der Waals surface area contributed by atoms with E-state index < -0.39 is 0 Å². The van der Waals surface area contributed by atoms with Crippen LogP contribution >= 0.6 is 0 Å². The standard InChI is InChI=1S/C14H20N4O/c1-10-13(11(2)19-17-10)9-18-8-7-15-14(18)16-12-5-3-4-6-12/h7-8,12H,3-6,9H2,1-2H3,(H,15,16). The summed E-state index contributed by atoms with van der Waals surface area (Å²) < 4.78 is 7.34. The van der Waals surface area contributed by atoms with Gasteiger partial charge in [0.2, 0.25) is 5.95 Å². The molecule has 2 heterocycles. The van der Waals surface area contributed by atoms with Crippen molar-refractivity contribution < 1.29 is 4.52 Å². The molecule has 0 spiro atoms. The molecule has 0 atom stereocenters. The van der Waals surface area contributed by atoms with E-state index in [1.807, 2.05) is 26.2 Å². The van der Waals surface area contributed by atoms with Crippen LogP contribution in [0.25, 0.3) is 0 Å². The summed E-state index contributed by atoms with van der Waals surface area (Å²) in [6, 6.07) is 0.575. The molecule has 1 aliphatic carbocycles. The first-order valence-corrected chi connectivity index (χ1v) is 6.93. The highest BCUT2D eigenvalue weighted by Crippen LogP contribution is 2.22. The van der Waals surface area contributed by atoms with E-state index in [1.54, 1.807) is 0 Å². The van der Waals surface area contributed by atoms with Gasteiger partial charge in [-0.05, 0) is 26.7 Å². The van der Waals surface area contributed by atoms with Gasteiger partial charge in [-0.1, -0.05) is 18.0 Å². The number of hydrogen-bond donors (Lipinski definition) is 1. The normalized spacial score (nSPS) is 16.1. The molecule has 1 fully saturated rings. The quantitative estimate of drug-likeness (QED) is 0.918. The first-order chi connectivity index (χ1) is 9.24. The van der Waals surface area contributed by atoms with E-state index in [1.165, 1.54) is 25.7 Å². The summed E-state index contributed by atoms with van der Waals surface area (Å²) in [6.45, 7) is 4.69. The lowest BCUT2D eigenvalue weighted by Gasteiger charge is -2.14. The number of rotatable bonds is 4. The third-order valence-electron chi connectivity index (χ3n) is 3.91. The maximum absolute atomic E-state index is 5.21. The predicted molar refractivity (Wildman–Crippen MR) is 73.2 cm³/mol. The average Bonchev–Trinajstić information content (AvgIpc) is 3.10. The molecule has 0 bridgehead atoms. The van der Waals surface area contributed by atoms with E-state index in [4.69, 9.17) is 4.52 Å². The Hall–Kier alpha value is -1.78. The van der Waals surface area contributed by atoms with Gasteiger partial charge >= 0.3 is 0 Å². The lowest BCUT2D eigenvalue weighted by atomic mass is 10.2. The van der Waals surface area contributed by atoms with Gasteiger partial charge < -0.3 is 14.4 Å². The number of aromatic nitrogens is 3. The fraction of sp³-hybridized carbons (Fsp3) is 0.571. The predicted octanol–water partition coefficient (Wildman–Crippen LogP) is 2.89. The molecule has 5 nitrogen and oxygen atoms in total. The van der Waals surface area contributed by atoms with Crippen LogP contribution in [0.5, 0.6) is 0 Å². The van der Waals surface area contributed by atoms with E-state index in [0.29, 0.717) is 6.04 Å². The molecule has 0 unspecified atom stereocenters. The van der Waals surface area contributed by atoms with Crippen LogP contribution in [0, 0.1) is 13.8 Å². The van der Waals surface area contributed by atoms with Crippen LogP contribution in [0.2, 0.25) is 0 Å². The van der Waals surface area contributed by atoms with E-state index >= 15 is 0 Å². The van der Waals surface area contributed by atoms with E-state index in [9.17, 15) is 0 Å². The Morgan fingerprint density at radius 3 is 2.84 bits per heavy atom. The molecule has 0 saturated heterocycles. The van der Waals surface area contributed by atoms with Gasteiger partial charge in [-0.2, -0.15) is 0 Å². The molecule has 1 saturated carbocycles. The zero-order chi connectivity index (χ0) is 13.2. The largest absolute Gasteiger partial charge is 0.361 e. The molecule has 2 aromatic heterocycles. The van der Waals surface area contributed by atoms with Gasteiger partial charge in [0.25, 0.3) is 0 Å². The van der Waals surface area contributed by atoms with Crippen LogP contribution in [0.1, 0.15) is 42.7 Å². The summed E-state index contributed by atoms with van der Waals surface area (Å²) in [5.74, 6) is 1.84. The number of anilines is 1. The van der Waals surface area contributed by atoms with Crippen LogP contribution in [-0.2, 0) is 6.54 Å². The Balaban J connectivity index is 1.76. The topological polar surface area (TPSA) is 55.9 Å². The fourth-order valence-electron chi connectivity index (χ4n) is 2.73. The monoisotopic (exact) mass is 260 g/mol. The minimum absolute atomic E-state index is 0.575. The highest BCUT2D eigenvalue weighted by Gasteiger charge is 2.17. The second kappa shape index (κ2) is 5.07. The van der Waals surface area contributed by atoms with E-state index in [2.05, 4.69) is 20.0 Å². The first kappa shape index (κ1) is 12.3. The van der Waals surface area contributed by atoms with Crippen molar-refractivity contribution in [3.63, 3.8) is 0 Å². The lowest BCUT2D eigenvalue weighted by Crippen LogP contribution is -2.18. The zero-order valence-electron chi connectivity index (χ0n) is 11.5. The van der Waals surface area contributed by atoms with Crippen LogP contribution < -0.4 is 5.32 Å². The second-order valence-electron chi connectivity index (χ2n) is 5.31. The third kappa shape index (κ3) is 2.50. The molecule has 3 rings (SSSR count). The highest BCUT2D eigenvalue weighted by molar-refractivity contribution is 5.31. The summed E-state index contributed by atoms with van der Waals surface area (Å²) in [5, 5.41) is 7.54. The summed E-state index contributed by atoms with van der Waals surface area (Å²) in [6.07, 6.45) is 8.99. The van der Waals surface area contributed by atoms with Gasteiger partial charge in [-0.25, -0.2) is 4.98 Å². The summed E-state index contributed by atoms with van der Waals surface area (Å²) in [5.41, 5.74) is 2.10. The first-order valence-electron chi connectivity index (χ1n) is 6.93. The fourth-order valence-corrected chi connectivity index (χ4v) is 2.73. The summed E-state index contributed by atoms with van der Waals surface area (Å²) in [7, 11) is 0. The van der Waals surface area contributed by atoms with Gasteiger partial charge in [0.1, 0.15) is 5.76 Å². The Kier molecular flexibility index (Phi) is 3.27. The van der Waals surface area contributed by atoms with Crippen LogP contribution in [0.4, 0.5) is 5.95 Å². The Bertz CT molecular complexity index is 532. The van der Waals surface area contributed by atoms with Crippen molar-refractivity contribution >= 4 is 5.95 Å². The summed E-state index contributed by atoms with van der Waals surface area (Å²) >= 11 is 0. The molecule has 19 heavy (non-hydrogen) atoms. The smallest absolute Gasteiger partial charge is 0.203 e. The molecule has 5 heteroatoms.